The van der Waals surface area contributed by atoms with Gasteiger partial charge in [-0.05, 0) is 31.7 Å². The van der Waals surface area contributed by atoms with Crippen LogP contribution in [0.2, 0.25) is 0 Å². The van der Waals surface area contributed by atoms with Crippen molar-refractivity contribution in [1.82, 2.24) is 34.8 Å². The number of hydrogen-bond donors (Lipinski definition) is 0. The fourth-order valence-electron chi connectivity index (χ4n) is 2.89. The van der Waals surface area contributed by atoms with Gasteiger partial charge in [-0.15, -0.1) is 10.2 Å². The summed E-state index contributed by atoms with van der Waals surface area (Å²) in [5.74, 6) is 2.03. The van der Waals surface area contributed by atoms with E-state index in [4.69, 9.17) is 4.98 Å². The summed E-state index contributed by atoms with van der Waals surface area (Å²) in [6.45, 7) is 6.23. The lowest BCUT2D eigenvalue weighted by Crippen LogP contribution is -2.34. The van der Waals surface area contributed by atoms with Crippen LogP contribution in [-0.2, 0) is 0 Å². The van der Waals surface area contributed by atoms with Gasteiger partial charge in [0.25, 0.3) is 5.78 Å². The van der Waals surface area contributed by atoms with Crippen molar-refractivity contribution in [1.29, 1.82) is 0 Å². The fourth-order valence-corrected chi connectivity index (χ4v) is 2.89. The average Bonchev–Trinajstić information content (AvgIpc) is 3.06. The van der Waals surface area contributed by atoms with Crippen molar-refractivity contribution in [2.75, 3.05) is 18.0 Å². The molecule has 4 heterocycles. The van der Waals surface area contributed by atoms with E-state index in [1.807, 2.05) is 13.0 Å². The van der Waals surface area contributed by atoms with E-state index < -0.39 is 0 Å². The van der Waals surface area contributed by atoms with Crippen LogP contribution in [0.3, 0.4) is 0 Å². The number of anilines is 1. The van der Waals surface area contributed by atoms with Crippen LogP contribution in [0.15, 0.2) is 18.6 Å². The van der Waals surface area contributed by atoms with Crippen molar-refractivity contribution >= 4 is 11.7 Å². The summed E-state index contributed by atoms with van der Waals surface area (Å²) < 4.78 is 1.67. The second kappa shape index (κ2) is 5.53. The van der Waals surface area contributed by atoms with Crippen molar-refractivity contribution in [3.8, 4) is 11.4 Å². The van der Waals surface area contributed by atoms with Crippen LogP contribution in [0.1, 0.15) is 25.5 Å². The zero-order valence-corrected chi connectivity index (χ0v) is 13.2. The predicted octanol–water partition coefficient (Wildman–Crippen LogP) is 1.52. The SMILES string of the molecule is Cc1c(-c2ccnc(N3CCC(C)CC3)n2)nnc2ncnn12. The van der Waals surface area contributed by atoms with Crippen molar-refractivity contribution < 1.29 is 0 Å². The van der Waals surface area contributed by atoms with Crippen LogP contribution in [0, 0.1) is 12.8 Å². The number of hydrogen-bond acceptors (Lipinski definition) is 7. The standard InChI is InChI=1S/C15H18N8/c1-10-4-7-22(8-5-10)14-16-6-3-12(19-14)13-11(2)23-15(21-20-13)17-9-18-23/h3,6,9-10H,4-5,7-8H2,1-2H3. The number of aryl methyl sites for hydroxylation is 1. The normalized spacial score (nSPS) is 16.2. The maximum Gasteiger partial charge on any atom is 0.271 e. The summed E-state index contributed by atoms with van der Waals surface area (Å²) in [6, 6.07) is 1.86. The van der Waals surface area contributed by atoms with Crippen LogP contribution in [0.5, 0.6) is 0 Å². The molecule has 8 nitrogen and oxygen atoms in total. The Hall–Kier alpha value is -2.64. The highest BCUT2D eigenvalue weighted by molar-refractivity contribution is 5.58. The van der Waals surface area contributed by atoms with Crippen molar-refractivity contribution in [2.45, 2.75) is 26.7 Å². The molecule has 0 unspecified atom stereocenters. The Bertz CT molecular complexity index is 834. The third kappa shape index (κ3) is 2.49. The number of fused-ring (bicyclic) bond motifs is 1. The minimum absolute atomic E-state index is 0.491. The first-order valence-electron chi connectivity index (χ1n) is 7.84. The van der Waals surface area contributed by atoms with Gasteiger partial charge in [0.15, 0.2) is 0 Å². The highest BCUT2D eigenvalue weighted by Gasteiger charge is 2.19. The summed E-state index contributed by atoms with van der Waals surface area (Å²) in [7, 11) is 0. The van der Waals surface area contributed by atoms with E-state index in [-0.39, 0.29) is 0 Å². The first kappa shape index (κ1) is 14.0. The van der Waals surface area contributed by atoms with Crippen LogP contribution < -0.4 is 4.90 Å². The summed E-state index contributed by atoms with van der Waals surface area (Å²) in [5.41, 5.74) is 2.33. The molecule has 3 aromatic rings. The molecule has 0 amide bonds. The van der Waals surface area contributed by atoms with Crippen LogP contribution >= 0.6 is 0 Å². The fraction of sp³-hybridized carbons (Fsp3) is 0.467. The smallest absolute Gasteiger partial charge is 0.271 e. The second-order valence-corrected chi connectivity index (χ2v) is 6.02. The molecule has 0 radical (unpaired) electrons. The number of rotatable bonds is 2. The number of aromatic nitrogens is 7. The monoisotopic (exact) mass is 310 g/mol. The molecule has 0 N–H and O–H groups in total. The molecule has 0 saturated carbocycles. The van der Waals surface area contributed by atoms with E-state index in [1.54, 1.807) is 10.7 Å². The number of piperidine rings is 1. The molecule has 3 aromatic heterocycles. The Morgan fingerprint density at radius 3 is 2.78 bits per heavy atom. The first-order chi connectivity index (χ1) is 11.2. The van der Waals surface area contributed by atoms with E-state index in [2.05, 4.69) is 37.1 Å². The molecule has 118 valence electrons. The van der Waals surface area contributed by atoms with Crippen LogP contribution in [-0.4, -0.2) is 47.9 Å². The van der Waals surface area contributed by atoms with Crippen molar-refractivity contribution in [3.63, 3.8) is 0 Å². The summed E-state index contributed by atoms with van der Waals surface area (Å²) in [6.07, 6.45) is 5.61. The Balaban J connectivity index is 1.71. The average molecular weight is 310 g/mol. The molecule has 0 atom stereocenters. The van der Waals surface area contributed by atoms with Crippen LogP contribution in [0.25, 0.3) is 17.2 Å². The van der Waals surface area contributed by atoms with Crippen molar-refractivity contribution in [2.24, 2.45) is 5.92 Å². The molecule has 0 spiro atoms. The lowest BCUT2D eigenvalue weighted by atomic mass is 10.00. The zero-order valence-electron chi connectivity index (χ0n) is 13.2. The van der Waals surface area contributed by atoms with E-state index in [1.165, 1.54) is 19.2 Å². The van der Waals surface area contributed by atoms with Gasteiger partial charge in [0.05, 0.1) is 11.4 Å². The van der Waals surface area contributed by atoms with Gasteiger partial charge in [0, 0.05) is 19.3 Å². The summed E-state index contributed by atoms with van der Waals surface area (Å²) in [4.78, 5) is 15.4. The first-order valence-corrected chi connectivity index (χ1v) is 7.84. The maximum atomic E-state index is 4.69. The van der Waals surface area contributed by atoms with E-state index in [0.717, 1.165) is 36.3 Å². The molecule has 0 aliphatic carbocycles. The molecule has 23 heavy (non-hydrogen) atoms. The second-order valence-electron chi connectivity index (χ2n) is 6.02. The third-order valence-electron chi connectivity index (χ3n) is 4.38. The lowest BCUT2D eigenvalue weighted by molar-refractivity contribution is 0.434. The van der Waals surface area contributed by atoms with Gasteiger partial charge in [-0.3, -0.25) is 0 Å². The molecule has 1 aliphatic heterocycles. The van der Waals surface area contributed by atoms with Gasteiger partial charge in [-0.25, -0.2) is 9.97 Å². The largest absolute Gasteiger partial charge is 0.341 e. The lowest BCUT2D eigenvalue weighted by Gasteiger charge is -2.30. The molecule has 0 aromatic carbocycles. The van der Waals surface area contributed by atoms with Gasteiger partial charge >= 0.3 is 0 Å². The quantitative estimate of drug-likeness (QED) is 0.709. The van der Waals surface area contributed by atoms with E-state index >= 15 is 0 Å². The zero-order chi connectivity index (χ0) is 15.8. The maximum absolute atomic E-state index is 4.69. The van der Waals surface area contributed by atoms with Crippen LogP contribution in [0.4, 0.5) is 5.95 Å². The van der Waals surface area contributed by atoms with E-state index in [9.17, 15) is 0 Å². The predicted molar refractivity (Wildman–Crippen MR) is 85.0 cm³/mol. The Morgan fingerprint density at radius 1 is 1.13 bits per heavy atom. The van der Waals surface area contributed by atoms with Gasteiger partial charge in [-0.1, -0.05) is 6.92 Å². The molecule has 1 fully saturated rings. The van der Waals surface area contributed by atoms with E-state index in [0.29, 0.717) is 11.5 Å². The summed E-state index contributed by atoms with van der Waals surface area (Å²) >= 11 is 0. The molecule has 1 saturated heterocycles. The minimum Gasteiger partial charge on any atom is -0.341 e. The Kier molecular flexibility index (Phi) is 3.36. The molecule has 8 heteroatoms. The molecular formula is C15H18N8. The van der Waals surface area contributed by atoms with Gasteiger partial charge in [0.1, 0.15) is 12.0 Å². The molecule has 0 bridgehead atoms. The Morgan fingerprint density at radius 2 is 1.96 bits per heavy atom. The third-order valence-corrected chi connectivity index (χ3v) is 4.38. The van der Waals surface area contributed by atoms with Gasteiger partial charge in [-0.2, -0.15) is 14.6 Å². The highest BCUT2D eigenvalue weighted by Crippen LogP contribution is 2.23. The topological polar surface area (TPSA) is 85.0 Å². The van der Waals surface area contributed by atoms with Crippen molar-refractivity contribution in [3.05, 3.63) is 24.3 Å². The van der Waals surface area contributed by atoms with Gasteiger partial charge < -0.3 is 4.90 Å². The molecule has 4 rings (SSSR count). The summed E-state index contributed by atoms with van der Waals surface area (Å²) in [5, 5.41) is 12.5. The number of nitrogens with zero attached hydrogens (tertiary/aromatic N) is 8. The molecule has 1 aliphatic rings. The highest BCUT2D eigenvalue weighted by atomic mass is 15.4. The Labute approximate surface area is 133 Å². The minimum atomic E-state index is 0.491. The van der Waals surface area contributed by atoms with Gasteiger partial charge in [0.2, 0.25) is 5.95 Å². The molecular weight excluding hydrogens is 292 g/mol.